The van der Waals surface area contributed by atoms with E-state index in [9.17, 15) is 0 Å². The number of aromatic nitrogens is 2. The molecule has 1 aromatic carbocycles. The lowest BCUT2D eigenvalue weighted by Gasteiger charge is -2.05. The van der Waals surface area contributed by atoms with Crippen molar-refractivity contribution in [1.29, 1.82) is 0 Å². The third-order valence-electron chi connectivity index (χ3n) is 3.84. The Balaban J connectivity index is 2.03. The first kappa shape index (κ1) is 13.9. The van der Waals surface area contributed by atoms with Crippen LogP contribution in [0.5, 0.6) is 0 Å². The molecule has 3 heteroatoms. The Morgan fingerprint density at radius 3 is 2.22 bits per heavy atom. The van der Waals surface area contributed by atoms with Crippen molar-refractivity contribution in [1.82, 2.24) is 9.97 Å². The SMILES string of the molecule is Clc1ccc(-c2nc3cccccc-3c2-c2ccncc2)cc1. The zero-order valence-corrected chi connectivity index (χ0v) is 13.0. The molecule has 110 valence electrons. The van der Waals surface area contributed by atoms with Gasteiger partial charge in [-0.3, -0.25) is 4.98 Å². The summed E-state index contributed by atoms with van der Waals surface area (Å²) in [5, 5.41) is 0.724. The van der Waals surface area contributed by atoms with E-state index in [2.05, 4.69) is 11.1 Å². The fourth-order valence-electron chi connectivity index (χ4n) is 2.78. The molecule has 0 fully saturated rings. The summed E-state index contributed by atoms with van der Waals surface area (Å²) in [4.78, 5) is 8.99. The number of hydrogen-bond donors (Lipinski definition) is 0. The van der Waals surface area contributed by atoms with Gasteiger partial charge in [-0.25, -0.2) is 4.98 Å². The van der Waals surface area contributed by atoms with Crippen molar-refractivity contribution in [2.45, 2.75) is 0 Å². The van der Waals surface area contributed by atoms with Gasteiger partial charge in [-0.05, 0) is 35.9 Å². The molecule has 0 saturated heterocycles. The largest absolute Gasteiger partial charge is 0.265 e. The van der Waals surface area contributed by atoms with E-state index < -0.39 is 0 Å². The van der Waals surface area contributed by atoms with E-state index in [1.165, 1.54) is 0 Å². The summed E-state index contributed by atoms with van der Waals surface area (Å²) in [6.45, 7) is 0. The standard InChI is InChI=1S/C20H13ClN2/c21-16-8-6-15(7-9-16)20-19(14-10-12-22-13-11-14)17-4-2-1-3-5-18(17)23-20/h1-13H. The van der Waals surface area contributed by atoms with Crippen LogP contribution in [0, 0.1) is 0 Å². The van der Waals surface area contributed by atoms with Crippen LogP contribution in [-0.2, 0) is 0 Å². The smallest absolute Gasteiger partial charge is 0.0794 e. The number of rotatable bonds is 2. The van der Waals surface area contributed by atoms with Gasteiger partial charge in [0.25, 0.3) is 0 Å². The highest BCUT2D eigenvalue weighted by atomic mass is 35.5. The predicted octanol–water partition coefficient (Wildman–Crippen LogP) is 5.57. The topological polar surface area (TPSA) is 25.8 Å². The van der Waals surface area contributed by atoms with Crippen molar-refractivity contribution < 1.29 is 0 Å². The number of halogens is 1. The Kier molecular flexibility index (Phi) is 3.52. The molecule has 2 aliphatic rings. The van der Waals surface area contributed by atoms with Gasteiger partial charge in [0.15, 0.2) is 0 Å². The predicted molar refractivity (Wildman–Crippen MR) is 94.5 cm³/mol. The Morgan fingerprint density at radius 2 is 1.43 bits per heavy atom. The van der Waals surface area contributed by atoms with Crippen LogP contribution in [0.1, 0.15) is 0 Å². The third-order valence-corrected chi connectivity index (χ3v) is 4.09. The van der Waals surface area contributed by atoms with Gasteiger partial charge in [-0.1, -0.05) is 48.0 Å². The lowest BCUT2D eigenvalue weighted by atomic mass is 9.98. The van der Waals surface area contributed by atoms with Crippen LogP contribution in [0.15, 0.2) is 79.1 Å². The van der Waals surface area contributed by atoms with Gasteiger partial charge in [0.2, 0.25) is 0 Å². The molecule has 0 spiro atoms. The minimum absolute atomic E-state index is 0.724. The maximum Gasteiger partial charge on any atom is 0.0794 e. The fraction of sp³-hybridized carbons (Fsp3) is 0. The number of nitrogens with zero attached hydrogens (tertiary/aromatic N) is 2. The molecular weight excluding hydrogens is 304 g/mol. The molecule has 4 rings (SSSR count). The minimum atomic E-state index is 0.724. The number of benzene rings is 1. The van der Waals surface area contributed by atoms with Crippen LogP contribution in [0.4, 0.5) is 0 Å². The lowest BCUT2D eigenvalue weighted by molar-refractivity contribution is 1.33. The first-order valence-electron chi connectivity index (χ1n) is 7.38. The van der Waals surface area contributed by atoms with E-state index in [0.29, 0.717) is 0 Å². The van der Waals surface area contributed by atoms with Crippen molar-refractivity contribution in [2.75, 3.05) is 0 Å². The van der Waals surface area contributed by atoms with E-state index in [1.54, 1.807) is 0 Å². The maximum absolute atomic E-state index is 6.02. The normalized spacial score (nSPS) is 10.8. The van der Waals surface area contributed by atoms with Gasteiger partial charge in [-0.15, -0.1) is 0 Å². The summed E-state index contributed by atoms with van der Waals surface area (Å²) in [5.41, 5.74) is 6.37. The van der Waals surface area contributed by atoms with Crippen molar-refractivity contribution in [3.05, 3.63) is 84.1 Å². The third kappa shape index (κ3) is 2.58. The molecule has 0 radical (unpaired) electrons. The maximum atomic E-state index is 6.02. The molecule has 0 N–H and O–H groups in total. The Hall–Kier alpha value is -2.71. The summed E-state index contributed by atoms with van der Waals surface area (Å²) < 4.78 is 0. The lowest BCUT2D eigenvalue weighted by Crippen LogP contribution is -1.83. The van der Waals surface area contributed by atoms with E-state index in [4.69, 9.17) is 16.6 Å². The van der Waals surface area contributed by atoms with E-state index in [-0.39, 0.29) is 0 Å². The highest BCUT2D eigenvalue weighted by molar-refractivity contribution is 6.30. The zero-order valence-electron chi connectivity index (χ0n) is 12.3. The first-order chi connectivity index (χ1) is 11.3. The van der Waals surface area contributed by atoms with Crippen molar-refractivity contribution in [3.63, 3.8) is 0 Å². The Labute approximate surface area is 139 Å². The van der Waals surface area contributed by atoms with Gasteiger partial charge < -0.3 is 0 Å². The molecule has 0 saturated carbocycles. The van der Waals surface area contributed by atoms with E-state index in [1.807, 2.05) is 73.1 Å². The molecule has 1 aliphatic heterocycles. The zero-order chi connectivity index (χ0) is 15.6. The molecule has 0 atom stereocenters. The summed E-state index contributed by atoms with van der Waals surface area (Å²) in [7, 11) is 0. The summed E-state index contributed by atoms with van der Waals surface area (Å²) in [5.74, 6) is 0. The van der Waals surface area contributed by atoms with Gasteiger partial charge >= 0.3 is 0 Å². The fourth-order valence-corrected chi connectivity index (χ4v) is 2.90. The molecule has 1 aliphatic carbocycles. The van der Waals surface area contributed by atoms with Crippen molar-refractivity contribution in [2.24, 2.45) is 0 Å². The molecule has 0 unspecified atom stereocenters. The molecule has 0 amide bonds. The van der Waals surface area contributed by atoms with Crippen LogP contribution < -0.4 is 0 Å². The molecule has 2 aromatic rings. The highest BCUT2D eigenvalue weighted by Gasteiger charge is 2.19. The highest BCUT2D eigenvalue weighted by Crippen LogP contribution is 2.41. The molecule has 0 bridgehead atoms. The van der Waals surface area contributed by atoms with Crippen LogP contribution in [-0.4, -0.2) is 9.97 Å². The Morgan fingerprint density at radius 1 is 0.696 bits per heavy atom. The molecule has 2 heterocycles. The quantitative estimate of drug-likeness (QED) is 0.483. The second-order valence-electron chi connectivity index (χ2n) is 5.29. The summed E-state index contributed by atoms with van der Waals surface area (Å²) in [6.07, 6.45) is 3.62. The van der Waals surface area contributed by atoms with Gasteiger partial charge in [0.1, 0.15) is 0 Å². The number of fused-ring (bicyclic) bond motifs is 1. The second kappa shape index (κ2) is 5.82. The van der Waals surface area contributed by atoms with E-state index in [0.717, 1.165) is 38.7 Å². The Bertz CT molecular complexity index is 918. The monoisotopic (exact) mass is 316 g/mol. The average molecular weight is 317 g/mol. The van der Waals surface area contributed by atoms with Crippen molar-refractivity contribution in [3.8, 4) is 33.6 Å². The molecule has 2 nitrogen and oxygen atoms in total. The number of hydrogen-bond acceptors (Lipinski definition) is 2. The molecular formula is C20H13ClN2. The van der Waals surface area contributed by atoms with Crippen molar-refractivity contribution >= 4 is 11.6 Å². The number of pyridine rings is 1. The molecule has 1 aromatic heterocycles. The minimum Gasteiger partial charge on any atom is -0.265 e. The average Bonchev–Trinajstić information content (AvgIpc) is 2.79. The first-order valence-corrected chi connectivity index (χ1v) is 7.76. The van der Waals surface area contributed by atoms with Crippen LogP contribution in [0.25, 0.3) is 33.6 Å². The van der Waals surface area contributed by atoms with Gasteiger partial charge in [0, 0.05) is 34.1 Å². The van der Waals surface area contributed by atoms with Crippen LogP contribution >= 0.6 is 11.6 Å². The van der Waals surface area contributed by atoms with Crippen LogP contribution in [0.3, 0.4) is 0 Å². The summed E-state index contributed by atoms with van der Waals surface area (Å²) >= 11 is 6.02. The van der Waals surface area contributed by atoms with E-state index >= 15 is 0 Å². The van der Waals surface area contributed by atoms with Gasteiger partial charge in [0.05, 0.1) is 11.4 Å². The molecule has 23 heavy (non-hydrogen) atoms. The summed E-state index contributed by atoms with van der Waals surface area (Å²) in [6, 6.07) is 22.1. The van der Waals surface area contributed by atoms with Gasteiger partial charge in [-0.2, -0.15) is 0 Å². The van der Waals surface area contributed by atoms with Crippen LogP contribution in [0.2, 0.25) is 5.02 Å². The second-order valence-corrected chi connectivity index (χ2v) is 5.72.